The number of nitrogens with one attached hydrogen (secondary N) is 1. The van der Waals surface area contributed by atoms with Crippen LogP contribution in [0.3, 0.4) is 0 Å². The van der Waals surface area contributed by atoms with E-state index in [0.717, 1.165) is 19.4 Å². The second kappa shape index (κ2) is 11.4. The van der Waals surface area contributed by atoms with E-state index in [1.807, 2.05) is 0 Å². The highest BCUT2D eigenvalue weighted by molar-refractivity contribution is 5.77. The van der Waals surface area contributed by atoms with Crippen molar-refractivity contribution in [2.24, 2.45) is 5.73 Å². The molecule has 1 amide bonds. The molecule has 0 rings (SSSR count). The normalized spacial score (nSPS) is 10.3. The van der Waals surface area contributed by atoms with Crippen LogP contribution in [0.15, 0.2) is 0 Å². The van der Waals surface area contributed by atoms with Crippen molar-refractivity contribution in [3.05, 3.63) is 0 Å². The van der Waals surface area contributed by atoms with Crippen LogP contribution in [0.2, 0.25) is 0 Å². The molecule has 0 unspecified atom stereocenters. The zero-order chi connectivity index (χ0) is 11.4. The van der Waals surface area contributed by atoms with E-state index in [2.05, 4.69) is 12.2 Å². The van der Waals surface area contributed by atoms with Crippen molar-refractivity contribution in [1.82, 2.24) is 5.32 Å². The summed E-state index contributed by atoms with van der Waals surface area (Å²) < 4.78 is 10.2. The number of hydrogen-bond acceptors (Lipinski definition) is 4. The SMILES string of the molecule is CCCCNC(=O)COCCOCCN. The van der Waals surface area contributed by atoms with Gasteiger partial charge in [-0.2, -0.15) is 0 Å². The topological polar surface area (TPSA) is 73.6 Å². The molecule has 90 valence electrons. The average Bonchev–Trinajstić information content (AvgIpc) is 2.23. The molecule has 0 aromatic rings. The molecule has 0 aliphatic carbocycles. The quantitative estimate of drug-likeness (QED) is 0.502. The fraction of sp³-hybridized carbons (Fsp3) is 0.900. The maximum atomic E-state index is 11.1. The van der Waals surface area contributed by atoms with Crippen molar-refractivity contribution in [1.29, 1.82) is 0 Å². The maximum Gasteiger partial charge on any atom is 0.245 e. The van der Waals surface area contributed by atoms with Crippen molar-refractivity contribution in [2.75, 3.05) is 39.5 Å². The van der Waals surface area contributed by atoms with E-state index >= 15 is 0 Å². The summed E-state index contributed by atoms with van der Waals surface area (Å²) in [5.41, 5.74) is 5.23. The minimum absolute atomic E-state index is 0.0673. The molecule has 0 spiro atoms. The van der Waals surface area contributed by atoms with Gasteiger partial charge in [-0.3, -0.25) is 4.79 Å². The van der Waals surface area contributed by atoms with Gasteiger partial charge in [-0.1, -0.05) is 13.3 Å². The minimum Gasteiger partial charge on any atom is -0.378 e. The summed E-state index contributed by atoms with van der Waals surface area (Å²) in [5.74, 6) is -0.0673. The number of nitrogens with two attached hydrogens (primary N) is 1. The average molecular weight is 218 g/mol. The van der Waals surface area contributed by atoms with Crippen molar-refractivity contribution in [2.45, 2.75) is 19.8 Å². The fourth-order valence-electron chi connectivity index (χ4n) is 0.924. The Labute approximate surface area is 91.3 Å². The Hall–Kier alpha value is -0.650. The number of ether oxygens (including phenoxy) is 2. The van der Waals surface area contributed by atoms with Crippen LogP contribution in [0.25, 0.3) is 0 Å². The summed E-state index contributed by atoms with van der Waals surface area (Å²) in [6.07, 6.45) is 2.08. The van der Waals surface area contributed by atoms with Gasteiger partial charge in [0.2, 0.25) is 5.91 Å². The molecule has 5 heteroatoms. The molecule has 0 fully saturated rings. The first-order valence-corrected chi connectivity index (χ1v) is 5.43. The van der Waals surface area contributed by atoms with Gasteiger partial charge in [-0.15, -0.1) is 0 Å². The van der Waals surface area contributed by atoms with Crippen molar-refractivity contribution < 1.29 is 14.3 Å². The molecule has 0 atom stereocenters. The van der Waals surface area contributed by atoms with Crippen molar-refractivity contribution >= 4 is 5.91 Å². The summed E-state index contributed by atoms with van der Waals surface area (Å²) >= 11 is 0. The third-order valence-electron chi connectivity index (χ3n) is 1.72. The molecule has 0 aromatic carbocycles. The number of hydrogen-bond donors (Lipinski definition) is 2. The lowest BCUT2D eigenvalue weighted by Gasteiger charge is -2.05. The molecule has 0 saturated carbocycles. The van der Waals surface area contributed by atoms with Gasteiger partial charge in [0.1, 0.15) is 6.61 Å². The molecule has 0 aromatic heterocycles. The Morgan fingerprint density at radius 3 is 2.67 bits per heavy atom. The predicted octanol–water partition coefficient (Wildman–Crippen LogP) is -0.105. The Kier molecular flexibility index (Phi) is 10.9. The Balaban J connectivity index is 3.10. The second-order valence-corrected chi connectivity index (χ2v) is 3.16. The van der Waals surface area contributed by atoms with Gasteiger partial charge in [-0.05, 0) is 6.42 Å². The van der Waals surface area contributed by atoms with E-state index in [4.69, 9.17) is 15.2 Å². The number of carbonyl (C=O) groups is 1. The van der Waals surface area contributed by atoms with Gasteiger partial charge in [0, 0.05) is 13.1 Å². The lowest BCUT2D eigenvalue weighted by molar-refractivity contribution is -0.126. The smallest absolute Gasteiger partial charge is 0.245 e. The number of amides is 1. The first kappa shape index (κ1) is 14.3. The van der Waals surface area contributed by atoms with Crippen LogP contribution in [0.4, 0.5) is 0 Å². The highest BCUT2D eigenvalue weighted by atomic mass is 16.5. The molecule has 0 heterocycles. The molecule has 15 heavy (non-hydrogen) atoms. The summed E-state index contributed by atoms with van der Waals surface area (Å²) in [6, 6.07) is 0. The summed E-state index contributed by atoms with van der Waals surface area (Å²) in [4.78, 5) is 11.1. The largest absolute Gasteiger partial charge is 0.378 e. The summed E-state index contributed by atoms with van der Waals surface area (Å²) in [6.45, 7) is 4.87. The Bertz CT molecular complexity index is 154. The molecule has 0 aliphatic heterocycles. The fourth-order valence-corrected chi connectivity index (χ4v) is 0.924. The van der Waals surface area contributed by atoms with Gasteiger partial charge < -0.3 is 20.5 Å². The van der Waals surface area contributed by atoms with Crippen LogP contribution in [0, 0.1) is 0 Å². The van der Waals surface area contributed by atoms with Crippen LogP contribution in [-0.2, 0) is 14.3 Å². The first-order chi connectivity index (χ1) is 7.31. The van der Waals surface area contributed by atoms with E-state index in [0.29, 0.717) is 26.4 Å². The van der Waals surface area contributed by atoms with E-state index in [1.54, 1.807) is 0 Å². The van der Waals surface area contributed by atoms with Crippen LogP contribution < -0.4 is 11.1 Å². The molecule has 3 N–H and O–H groups in total. The number of unbranched alkanes of at least 4 members (excludes halogenated alkanes) is 1. The van der Waals surface area contributed by atoms with Crippen LogP contribution in [0.5, 0.6) is 0 Å². The van der Waals surface area contributed by atoms with Crippen LogP contribution in [-0.4, -0.2) is 45.4 Å². The Morgan fingerprint density at radius 1 is 1.27 bits per heavy atom. The molecular weight excluding hydrogens is 196 g/mol. The van der Waals surface area contributed by atoms with E-state index in [-0.39, 0.29) is 12.5 Å². The first-order valence-electron chi connectivity index (χ1n) is 5.43. The summed E-state index contributed by atoms with van der Waals surface area (Å²) in [5, 5.41) is 2.76. The monoisotopic (exact) mass is 218 g/mol. The number of rotatable bonds is 10. The molecule has 0 radical (unpaired) electrons. The Morgan fingerprint density at radius 2 is 2.00 bits per heavy atom. The predicted molar refractivity (Wildman–Crippen MR) is 58.6 cm³/mol. The highest BCUT2D eigenvalue weighted by Crippen LogP contribution is 1.83. The lowest BCUT2D eigenvalue weighted by atomic mass is 10.3. The second-order valence-electron chi connectivity index (χ2n) is 3.16. The maximum absolute atomic E-state index is 11.1. The third-order valence-corrected chi connectivity index (χ3v) is 1.72. The van der Waals surface area contributed by atoms with Gasteiger partial charge in [0.05, 0.1) is 19.8 Å². The van der Waals surface area contributed by atoms with Crippen molar-refractivity contribution in [3.8, 4) is 0 Å². The van der Waals surface area contributed by atoms with E-state index in [1.165, 1.54) is 0 Å². The highest BCUT2D eigenvalue weighted by Gasteiger charge is 1.99. The third kappa shape index (κ3) is 11.3. The van der Waals surface area contributed by atoms with E-state index < -0.39 is 0 Å². The zero-order valence-corrected chi connectivity index (χ0v) is 9.46. The standard InChI is InChI=1S/C10H22N2O3/c1-2-3-5-12-10(13)9-15-8-7-14-6-4-11/h2-9,11H2,1H3,(H,12,13). The van der Waals surface area contributed by atoms with Gasteiger partial charge in [-0.25, -0.2) is 0 Å². The molecule has 0 saturated heterocycles. The van der Waals surface area contributed by atoms with Crippen LogP contribution in [0.1, 0.15) is 19.8 Å². The van der Waals surface area contributed by atoms with Gasteiger partial charge in [0.15, 0.2) is 0 Å². The van der Waals surface area contributed by atoms with Gasteiger partial charge in [0.25, 0.3) is 0 Å². The lowest BCUT2D eigenvalue weighted by Crippen LogP contribution is -2.29. The van der Waals surface area contributed by atoms with Crippen molar-refractivity contribution in [3.63, 3.8) is 0 Å². The molecule has 0 bridgehead atoms. The molecule has 5 nitrogen and oxygen atoms in total. The zero-order valence-electron chi connectivity index (χ0n) is 9.46. The summed E-state index contributed by atoms with van der Waals surface area (Å²) in [7, 11) is 0. The van der Waals surface area contributed by atoms with Gasteiger partial charge >= 0.3 is 0 Å². The molecular formula is C10H22N2O3. The number of carbonyl (C=O) groups excluding carboxylic acids is 1. The minimum atomic E-state index is -0.0673. The molecule has 0 aliphatic rings. The van der Waals surface area contributed by atoms with E-state index in [9.17, 15) is 4.79 Å². The van der Waals surface area contributed by atoms with Crippen LogP contribution >= 0.6 is 0 Å².